The zero-order valence-corrected chi connectivity index (χ0v) is 23.3. The molecule has 0 radical (unpaired) electrons. The van der Waals surface area contributed by atoms with Gasteiger partial charge in [0.1, 0.15) is 6.61 Å². The van der Waals surface area contributed by atoms with Crippen LogP contribution in [0.2, 0.25) is 5.02 Å². The number of carbonyl (C=O) groups excluding carboxylic acids is 2. The smallest absolute Gasteiger partial charge is 0.337 e. The molecule has 3 aromatic carbocycles. The third kappa shape index (κ3) is 6.18. The molecule has 1 aliphatic rings. The van der Waals surface area contributed by atoms with Crippen molar-refractivity contribution in [3.63, 3.8) is 0 Å². The number of methoxy groups -OCH3 is 2. The number of benzene rings is 3. The Kier molecular flexibility index (Phi) is 8.58. The Morgan fingerprint density at radius 3 is 2.54 bits per heavy atom. The molecule has 1 saturated heterocycles. The highest BCUT2D eigenvalue weighted by atomic mass is 79.9. The Balaban J connectivity index is 1.55. The number of halogens is 2. The summed E-state index contributed by atoms with van der Waals surface area (Å²) in [5, 5.41) is 1.14. The maximum atomic E-state index is 12.9. The molecule has 1 heterocycles. The van der Waals surface area contributed by atoms with Crippen molar-refractivity contribution in [2.45, 2.75) is 6.61 Å². The fourth-order valence-corrected chi connectivity index (χ4v) is 5.18. The molecule has 7 nitrogen and oxygen atoms in total. The molecule has 0 saturated carbocycles. The van der Waals surface area contributed by atoms with Crippen LogP contribution in [-0.2, 0) is 16.1 Å². The number of hydrogen-bond donors (Lipinski definition) is 0. The van der Waals surface area contributed by atoms with Crippen molar-refractivity contribution in [3.8, 4) is 11.5 Å². The largest absolute Gasteiger partial charge is 0.493 e. The van der Waals surface area contributed by atoms with E-state index in [1.165, 1.54) is 23.8 Å². The maximum Gasteiger partial charge on any atom is 0.337 e. The van der Waals surface area contributed by atoms with Crippen LogP contribution >= 0.6 is 39.3 Å². The summed E-state index contributed by atoms with van der Waals surface area (Å²) in [6, 6.07) is 17.8. The quantitative estimate of drug-likeness (QED) is 0.221. The van der Waals surface area contributed by atoms with Crippen LogP contribution < -0.4 is 9.47 Å². The minimum Gasteiger partial charge on any atom is -0.493 e. The average Bonchev–Trinajstić information content (AvgIpc) is 3.16. The van der Waals surface area contributed by atoms with Crippen LogP contribution in [0.25, 0.3) is 6.08 Å². The number of carbonyl (C=O) groups is 2. The summed E-state index contributed by atoms with van der Waals surface area (Å²) in [6.45, 7) is 0.272. The van der Waals surface area contributed by atoms with Gasteiger partial charge in [0.15, 0.2) is 16.7 Å². The van der Waals surface area contributed by atoms with Crippen LogP contribution in [0.15, 0.2) is 75.0 Å². The van der Waals surface area contributed by atoms with Crippen LogP contribution in [0.4, 0.5) is 5.69 Å². The Bertz CT molecular complexity index is 1410. The first-order valence-electron chi connectivity index (χ1n) is 11.0. The Morgan fingerprint density at radius 1 is 1.14 bits per heavy atom. The van der Waals surface area contributed by atoms with Crippen LogP contribution in [0, 0.1) is 0 Å². The van der Waals surface area contributed by atoms with Gasteiger partial charge in [-0.05, 0) is 81.8 Å². The first-order valence-corrected chi connectivity index (χ1v) is 13.0. The minimum absolute atomic E-state index is 0.177. The molecule has 1 aliphatic heterocycles. The van der Waals surface area contributed by atoms with Gasteiger partial charge in [-0.25, -0.2) is 9.79 Å². The van der Waals surface area contributed by atoms with Crippen molar-refractivity contribution < 1.29 is 23.8 Å². The number of likely N-dealkylation sites (N-methyl/N-ethyl adjacent to an activating group) is 1. The van der Waals surface area contributed by atoms with Gasteiger partial charge in [-0.2, -0.15) is 0 Å². The predicted octanol–water partition coefficient (Wildman–Crippen LogP) is 6.71. The number of thioether (sulfide) groups is 1. The summed E-state index contributed by atoms with van der Waals surface area (Å²) in [7, 11) is 4.55. The summed E-state index contributed by atoms with van der Waals surface area (Å²) in [5.41, 5.74) is 2.64. The van der Waals surface area contributed by atoms with Crippen molar-refractivity contribution in [3.05, 3.63) is 91.8 Å². The van der Waals surface area contributed by atoms with Gasteiger partial charge in [0.05, 0.1) is 34.8 Å². The van der Waals surface area contributed by atoms with Crippen molar-refractivity contribution in [1.82, 2.24) is 4.90 Å². The molecule has 0 atom stereocenters. The number of amides is 1. The number of amidine groups is 1. The number of ether oxygens (including phenoxy) is 3. The lowest BCUT2D eigenvalue weighted by Gasteiger charge is -2.14. The first kappa shape index (κ1) is 26.8. The van der Waals surface area contributed by atoms with E-state index in [1.54, 1.807) is 50.6 Å². The monoisotopic (exact) mass is 600 g/mol. The molecule has 37 heavy (non-hydrogen) atoms. The van der Waals surface area contributed by atoms with Gasteiger partial charge in [0.25, 0.3) is 5.91 Å². The molecule has 0 aromatic heterocycles. The lowest BCUT2D eigenvalue weighted by atomic mass is 10.1. The first-order chi connectivity index (χ1) is 17.8. The molecule has 1 fully saturated rings. The molecule has 10 heteroatoms. The standard InChI is InChI=1S/C27H22BrClN2O5S/c1-31-25(32)23(37-27(31)30-19-10-8-17(9-11-19)26(33)35-3)14-16-12-20(28)24(22(13-16)34-2)36-15-18-6-4-5-7-21(18)29/h4-14H,15H2,1-3H3. The van der Waals surface area contributed by atoms with E-state index < -0.39 is 5.97 Å². The number of rotatable bonds is 7. The summed E-state index contributed by atoms with van der Waals surface area (Å²) in [5.74, 6) is 0.444. The van der Waals surface area contributed by atoms with E-state index in [2.05, 4.69) is 20.9 Å². The molecule has 0 unspecified atom stereocenters. The molecule has 0 N–H and O–H groups in total. The Hall–Kier alpha value is -3.27. The zero-order valence-electron chi connectivity index (χ0n) is 20.2. The summed E-state index contributed by atoms with van der Waals surface area (Å²) < 4.78 is 16.9. The van der Waals surface area contributed by atoms with E-state index >= 15 is 0 Å². The molecule has 0 aliphatic carbocycles. The van der Waals surface area contributed by atoms with E-state index in [4.69, 9.17) is 25.8 Å². The van der Waals surface area contributed by atoms with E-state index in [-0.39, 0.29) is 12.5 Å². The second kappa shape index (κ2) is 11.9. The van der Waals surface area contributed by atoms with Crippen molar-refractivity contribution >= 4 is 68.1 Å². The third-order valence-corrected chi connectivity index (χ3v) is 7.41. The van der Waals surface area contributed by atoms with Gasteiger partial charge >= 0.3 is 5.97 Å². The normalized spacial score (nSPS) is 15.4. The van der Waals surface area contributed by atoms with Gasteiger partial charge in [-0.15, -0.1) is 0 Å². The topological polar surface area (TPSA) is 77.4 Å². The average molecular weight is 602 g/mol. The van der Waals surface area contributed by atoms with E-state index in [0.29, 0.717) is 42.3 Å². The molecule has 4 rings (SSSR count). The zero-order chi connectivity index (χ0) is 26.5. The van der Waals surface area contributed by atoms with E-state index in [9.17, 15) is 9.59 Å². The highest BCUT2D eigenvalue weighted by Crippen LogP contribution is 2.40. The number of hydrogen-bond acceptors (Lipinski definition) is 7. The molecule has 0 spiro atoms. The van der Waals surface area contributed by atoms with Crippen LogP contribution in [0.1, 0.15) is 21.5 Å². The summed E-state index contributed by atoms with van der Waals surface area (Å²) in [6.07, 6.45) is 1.78. The molecule has 0 bridgehead atoms. The third-order valence-electron chi connectivity index (χ3n) is 5.40. The number of esters is 1. The molecular formula is C27H22BrClN2O5S. The fourth-order valence-electron chi connectivity index (χ4n) is 3.43. The fraction of sp³-hybridized carbons (Fsp3) is 0.148. The van der Waals surface area contributed by atoms with Gasteiger partial charge in [0.2, 0.25) is 0 Å². The van der Waals surface area contributed by atoms with E-state index in [0.717, 1.165) is 11.1 Å². The highest BCUT2D eigenvalue weighted by molar-refractivity contribution is 9.10. The maximum absolute atomic E-state index is 12.9. The lowest BCUT2D eigenvalue weighted by molar-refractivity contribution is -0.121. The summed E-state index contributed by atoms with van der Waals surface area (Å²) >= 11 is 11.1. The van der Waals surface area contributed by atoms with Gasteiger partial charge in [-0.3, -0.25) is 9.69 Å². The van der Waals surface area contributed by atoms with Gasteiger partial charge in [0, 0.05) is 17.6 Å². The molecular weight excluding hydrogens is 580 g/mol. The van der Waals surface area contributed by atoms with Crippen molar-refractivity contribution in [2.75, 3.05) is 21.3 Å². The van der Waals surface area contributed by atoms with E-state index in [1.807, 2.05) is 30.3 Å². The van der Waals surface area contributed by atoms with Gasteiger partial charge in [-0.1, -0.05) is 29.8 Å². The van der Waals surface area contributed by atoms with Crippen molar-refractivity contribution in [2.24, 2.45) is 4.99 Å². The van der Waals surface area contributed by atoms with Gasteiger partial charge < -0.3 is 14.2 Å². The minimum atomic E-state index is -0.422. The van der Waals surface area contributed by atoms with Crippen LogP contribution in [-0.4, -0.2) is 43.2 Å². The van der Waals surface area contributed by atoms with Crippen molar-refractivity contribution in [1.29, 1.82) is 0 Å². The lowest BCUT2D eigenvalue weighted by Crippen LogP contribution is -2.23. The second-order valence-corrected chi connectivity index (χ2v) is 10.1. The molecule has 3 aromatic rings. The predicted molar refractivity (Wildman–Crippen MR) is 150 cm³/mol. The number of aliphatic imine (C=N–C) groups is 1. The Morgan fingerprint density at radius 2 is 1.86 bits per heavy atom. The molecule has 1 amide bonds. The number of nitrogens with zero attached hydrogens (tertiary/aromatic N) is 2. The highest BCUT2D eigenvalue weighted by Gasteiger charge is 2.30. The SMILES string of the molecule is COC(=O)c1ccc(N=C2SC(=Cc3cc(Br)c(OCc4ccccc4Cl)c(OC)c3)C(=O)N2C)cc1. The van der Waals surface area contributed by atoms with Crippen LogP contribution in [0.5, 0.6) is 11.5 Å². The summed E-state index contributed by atoms with van der Waals surface area (Å²) in [4.78, 5) is 31.1. The Labute approximate surface area is 232 Å². The second-order valence-electron chi connectivity index (χ2n) is 7.82. The van der Waals surface area contributed by atoms with Crippen LogP contribution in [0.3, 0.4) is 0 Å². The molecule has 190 valence electrons.